The number of methoxy groups -OCH3 is 1. The van der Waals surface area contributed by atoms with Crippen molar-refractivity contribution in [2.24, 2.45) is 0 Å². The van der Waals surface area contributed by atoms with Gasteiger partial charge in [-0.2, -0.15) is 16.8 Å². The largest absolute Gasteiger partial charge is 0.505 e. The predicted octanol–water partition coefficient (Wildman–Crippen LogP) is 6.19. The van der Waals surface area contributed by atoms with Gasteiger partial charge in [0.1, 0.15) is 35.0 Å². The molecule has 0 fully saturated rings. The zero-order valence-electron chi connectivity index (χ0n) is 39.7. The molecule has 0 radical (unpaired) electrons. The molecule has 0 atom stereocenters. The number of hydrogen-bond acceptors (Lipinski definition) is 11. The molecule has 0 unspecified atom stereocenters. The highest BCUT2D eigenvalue weighted by Gasteiger charge is 2.38. The summed E-state index contributed by atoms with van der Waals surface area (Å²) in [6.07, 6.45) is 4.10. The van der Waals surface area contributed by atoms with Crippen LogP contribution in [-0.2, 0) is 53.0 Å². The number of ether oxygens (including phenoxy) is 2. The Morgan fingerprint density at radius 2 is 1.07 bits per heavy atom. The third-order valence-corrected chi connectivity index (χ3v) is 15.3. The molecule has 2 amide bonds. The first-order valence-electron chi connectivity index (χ1n) is 22.0. The van der Waals surface area contributed by atoms with Crippen LogP contribution in [0.25, 0.3) is 21.8 Å². The molecule has 0 saturated carbocycles. The van der Waals surface area contributed by atoms with E-state index in [-0.39, 0.29) is 65.3 Å². The molecule has 0 spiro atoms. The van der Waals surface area contributed by atoms with Crippen molar-refractivity contribution in [1.82, 2.24) is 29.2 Å². The number of aromatic hydroxyl groups is 1. The van der Waals surface area contributed by atoms with Gasteiger partial charge >= 0.3 is 20.4 Å². The van der Waals surface area contributed by atoms with Crippen molar-refractivity contribution < 1.29 is 49.8 Å². The third kappa shape index (κ3) is 9.72. The second-order valence-corrected chi connectivity index (χ2v) is 20.8. The third-order valence-electron chi connectivity index (χ3n) is 12.4. The van der Waals surface area contributed by atoms with Crippen LogP contribution in [0.5, 0.6) is 17.2 Å². The topological polar surface area (TPSA) is 204 Å². The summed E-state index contributed by atoms with van der Waals surface area (Å²) in [6.45, 7) is 0.508. The molecule has 4 heterocycles. The Kier molecular flexibility index (Phi) is 13.9. The van der Waals surface area contributed by atoms with Gasteiger partial charge in [0.15, 0.2) is 11.5 Å². The summed E-state index contributed by atoms with van der Waals surface area (Å²) in [6, 6.07) is 23.2. The Morgan fingerprint density at radius 1 is 0.648 bits per heavy atom. The van der Waals surface area contributed by atoms with Gasteiger partial charge in [-0.1, -0.05) is 36.4 Å². The molecule has 21 heteroatoms. The molecule has 2 aromatic heterocycles. The fourth-order valence-corrected chi connectivity index (χ4v) is 10.2. The van der Waals surface area contributed by atoms with E-state index < -0.39 is 26.3 Å². The smallest absolute Gasteiger partial charge is 0.301 e. The maximum atomic E-state index is 13.5. The summed E-state index contributed by atoms with van der Waals surface area (Å²) in [5.41, 5.74) is 6.53. The minimum Gasteiger partial charge on any atom is -0.505 e. The maximum absolute atomic E-state index is 13.5. The van der Waals surface area contributed by atoms with Crippen LogP contribution in [0.15, 0.2) is 97.3 Å². The molecule has 2 aliphatic heterocycles. The van der Waals surface area contributed by atoms with Crippen LogP contribution in [0, 0.1) is 11.6 Å². The molecule has 2 aliphatic rings. The van der Waals surface area contributed by atoms with Gasteiger partial charge in [0.2, 0.25) is 0 Å². The molecule has 9 rings (SSSR count). The van der Waals surface area contributed by atoms with E-state index in [1.807, 2.05) is 30.3 Å². The van der Waals surface area contributed by atoms with Gasteiger partial charge < -0.3 is 24.4 Å². The number of benzene rings is 5. The van der Waals surface area contributed by atoms with E-state index in [0.29, 0.717) is 57.4 Å². The maximum Gasteiger partial charge on any atom is 0.301 e. The highest BCUT2D eigenvalue weighted by Crippen LogP contribution is 2.46. The van der Waals surface area contributed by atoms with E-state index >= 15 is 0 Å². The van der Waals surface area contributed by atoms with Crippen LogP contribution in [0.4, 0.5) is 20.2 Å². The summed E-state index contributed by atoms with van der Waals surface area (Å²) in [5, 5.41) is 11.7. The van der Waals surface area contributed by atoms with Crippen molar-refractivity contribution in [3.8, 4) is 17.2 Å². The fourth-order valence-electron chi connectivity index (χ4n) is 8.71. The lowest BCUT2D eigenvalue weighted by Gasteiger charge is -2.24. The number of carbonyl (C=O) groups excluding carboxylic acids is 2. The van der Waals surface area contributed by atoms with Crippen LogP contribution < -0.4 is 27.5 Å². The first-order chi connectivity index (χ1) is 33.8. The van der Waals surface area contributed by atoms with Gasteiger partial charge in [-0.25, -0.2) is 18.2 Å². The lowest BCUT2D eigenvalue weighted by molar-refractivity contribution is 0.0806. The highest BCUT2D eigenvalue weighted by molar-refractivity contribution is 7.91. The monoisotopic (exact) mass is 1010 g/mol. The van der Waals surface area contributed by atoms with Gasteiger partial charge in [-0.3, -0.25) is 28.2 Å². The quantitative estimate of drug-likeness (QED) is 0.112. The molecule has 5 aromatic carbocycles. The van der Waals surface area contributed by atoms with Gasteiger partial charge in [0.05, 0.1) is 29.6 Å². The predicted molar refractivity (Wildman–Crippen MR) is 265 cm³/mol. The first-order valence-corrected chi connectivity index (χ1v) is 24.9. The Labute approximate surface area is 409 Å². The number of phenols is 1. The number of hydrogen-bond donors (Lipinski definition) is 3. The lowest BCUT2D eigenvalue weighted by Crippen LogP contribution is -2.36. The Balaban J connectivity index is 0.000000197. The van der Waals surface area contributed by atoms with Crippen molar-refractivity contribution in [3.63, 3.8) is 0 Å². The summed E-state index contributed by atoms with van der Waals surface area (Å²) in [4.78, 5) is 38.0. The molecule has 0 saturated heterocycles. The van der Waals surface area contributed by atoms with Crippen LogP contribution in [0.1, 0.15) is 59.7 Å². The number of fused-ring (bicyclic) bond motifs is 4. The molecular weight excluding hydrogens is 959 g/mol. The lowest BCUT2D eigenvalue weighted by atomic mass is 9.98. The standard InChI is InChI=1S/C29H29FN4O5S.C21H21FN4O4S/c1-31-40(36,37)34(3)27-23-14-20(13-18-5-9-21(30)10-6-18)15-32-26(23)28(25-24(27)16-33(2)29(25)35)39-17-19-7-11-22(38-4)12-8-19;1-23-31(29,30)26(3)19-15-9-13(8-12-4-6-14(22)7-5-12)10-24-18(15)20(27)17-16(19)11-25(2)21(17)28/h5-12,14-15,31H,13,16-17H2,1-4H3;4-7,9-10,23,27H,8,11H2,1-3H3. The number of halogens is 2. The minimum atomic E-state index is -3.92. The van der Waals surface area contributed by atoms with Gasteiger partial charge in [-0.15, -0.1) is 0 Å². The zero-order chi connectivity index (χ0) is 51.1. The molecule has 7 aromatic rings. The average molecular weight is 1010 g/mol. The van der Waals surface area contributed by atoms with E-state index in [1.165, 1.54) is 62.3 Å². The van der Waals surface area contributed by atoms with Gasteiger partial charge in [-0.05, 0) is 89.2 Å². The Hall–Kier alpha value is -7.46. The molecule has 3 N–H and O–H groups in total. The van der Waals surface area contributed by atoms with Crippen molar-refractivity contribution >= 4 is 65.4 Å². The molecule has 71 heavy (non-hydrogen) atoms. The number of nitrogens with one attached hydrogen (secondary N) is 2. The Morgan fingerprint density at radius 3 is 1.54 bits per heavy atom. The van der Waals surface area contributed by atoms with E-state index in [4.69, 9.17) is 14.5 Å². The first kappa shape index (κ1) is 49.9. The summed E-state index contributed by atoms with van der Waals surface area (Å²) in [5.74, 6) is -0.617. The minimum absolute atomic E-state index is 0.0573. The highest BCUT2D eigenvalue weighted by atomic mass is 32.2. The molecule has 370 valence electrons. The van der Waals surface area contributed by atoms with E-state index in [9.17, 15) is 40.3 Å². The number of pyridine rings is 2. The van der Waals surface area contributed by atoms with Crippen LogP contribution in [0.3, 0.4) is 0 Å². The number of aromatic nitrogens is 2. The summed E-state index contributed by atoms with van der Waals surface area (Å²) < 4.78 is 96.2. The van der Waals surface area contributed by atoms with Crippen molar-refractivity contribution in [3.05, 3.63) is 159 Å². The number of anilines is 2. The zero-order valence-corrected chi connectivity index (χ0v) is 41.4. The van der Waals surface area contributed by atoms with Crippen molar-refractivity contribution in [2.75, 3.05) is 58.0 Å². The van der Waals surface area contributed by atoms with Crippen molar-refractivity contribution in [2.45, 2.75) is 32.5 Å². The van der Waals surface area contributed by atoms with E-state index in [0.717, 1.165) is 36.4 Å². The van der Waals surface area contributed by atoms with Gasteiger partial charge in [0.25, 0.3) is 11.8 Å². The van der Waals surface area contributed by atoms with E-state index in [1.54, 1.807) is 63.9 Å². The SMILES string of the molecule is CNS(=O)(=O)N(C)c1c2c(c(O)c3ncc(Cc4ccc(F)cc4)cc13)C(=O)N(C)C2.CNS(=O)(=O)N(C)c1c2c(c(OCc3ccc(OC)cc3)c3ncc(Cc4ccc(F)cc4)cc13)C(=O)N(C)C2. The fraction of sp³-hybridized carbons (Fsp3) is 0.240. The van der Waals surface area contributed by atoms with Crippen LogP contribution in [0.2, 0.25) is 0 Å². The van der Waals surface area contributed by atoms with Crippen molar-refractivity contribution in [1.29, 1.82) is 0 Å². The number of carbonyl (C=O) groups is 2. The summed E-state index contributed by atoms with van der Waals surface area (Å²) in [7, 11) is 2.47. The number of amides is 2. The molecule has 0 aliphatic carbocycles. The summed E-state index contributed by atoms with van der Waals surface area (Å²) >= 11 is 0. The normalized spacial score (nSPS) is 13.3. The number of phenolic OH excluding ortho intramolecular Hbond substituents is 1. The average Bonchev–Trinajstić information content (AvgIpc) is 3.83. The second-order valence-electron chi connectivity index (χ2n) is 17.0. The number of nitrogens with zero attached hydrogens (tertiary/aromatic N) is 6. The second kappa shape index (κ2) is 19.7. The molecule has 0 bridgehead atoms. The van der Waals surface area contributed by atoms with Gasteiger partial charge in [0, 0.05) is 89.7 Å². The Bertz CT molecular complexity index is 3460. The molecule has 17 nitrogen and oxygen atoms in total. The van der Waals surface area contributed by atoms with Crippen LogP contribution in [-0.4, -0.2) is 103 Å². The number of rotatable bonds is 14. The van der Waals surface area contributed by atoms with Crippen LogP contribution >= 0.6 is 0 Å². The molecular formula is C50H50F2N8O9S2. The van der Waals surface area contributed by atoms with E-state index in [2.05, 4.69) is 14.4 Å².